The van der Waals surface area contributed by atoms with Crippen LogP contribution >= 0.6 is 0 Å². The van der Waals surface area contributed by atoms with Gasteiger partial charge in [0.15, 0.2) is 0 Å². The fraction of sp³-hybridized carbons (Fsp3) is 0.412. The lowest BCUT2D eigenvalue weighted by atomic mass is 9.79. The minimum Gasteiger partial charge on any atom is -0.461 e. The molecule has 1 saturated heterocycles. The second-order valence-electron chi connectivity index (χ2n) is 6.62. The molecule has 0 amide bonds. The van der Waals surface area contributed by atoms with Crippen LogP contribution in [0.4, 0.5) is 0 Å². The van der Waals surface area contributed by atoms with Gasteiger partial charge in [0.05, 0.1) is 11.2 Å². The second kappa shape index (κ2) is 4.75. The third-order valence-corrected chi connectivity index (χ3v) is 4.46. The molecule has 3 nitrogen and oxygen atoms in total. The molecule has 1 fully saturated rings. The van der Waals surface area contributed by atoms with Crippen LogP contribution in [0.15, 0.2) is 40.8 Å². The summed E-state index contributed by atoms with van der Waals surface area (Å²) < 4.78 is 17.7. The van der Waals surface area contributed by atoms with Gasteiger partial charge in [-0.15, -0.1) is 0 Å². The molecule has 2 heterocycles. The van der Waals surface area contributed by atoms with Crippen molar-refractivity contribution in [3.63, 3.8) is 0 Å². The van der Waals surface area contributed by atoms with Crippen molar-refractivity contribution in [3.05, 3.63) is 42.2 Å². The van der Waals surface area contributed by atoms with Crippen molar-refractivity contribution in [1.29, 1.82) is 0 Å². The molecule has 1 aromatic carbocycles. The Morgan fingerprint density at radius 1 is 0.810 bits per heavy atom. The average Bonchev–Trinajstić information content (AvgIpc) is 2.92. The summed E-state index contributed by atoms with van der Waals surface area (Å²) >= 11 is 0. The first-order valence-corrected chi connectivity index (χ1v) is 7.31. The van der Waals surface area contributed by atoms with E-state index < -0.39 is 0 Å². The van der Waals surface area contributed by atoms with Crippen molar-refractivity contribution < 1.29 is 13.7 Å². The van der Waals surface area contributed by atoms with E-state index in [0.717, 1.165) is 22.5 Å². The van der Waals surface area contributed by atoms with E-state index in [0.29, 0.717) is 0 Å². The van der Waals surface area contributed by atoms with E-state index in [1.807, 2.05) is 43.3 Å². The Kier molecular flexibility index (Phi) is 3.26. The van der Waals surface area contributed by atoms with Gasteiger partial charge in [0.1, 0.15) is 11.5 Å². The molecule has 0 atom stereocenters. The van der Waals surface area contributed by atoms with Crippen molar-refractivity contribution in [2.75, 3.05) is 0 Å². The highest BCUT2D eigenvalue weighted by atomic mass is 16.7. The molecule has 110 valence electrons. The molecule has 3 rings (SSSR count). The van der Waals surface area contributed by atoms with Gasteiger partial charge >= 0.3 is 7.12 Å². The number of furan rings is 1. The molecule has 0 unspecified atom stereocenters. The lowest BCUT2D eigenvalue weighted by molar-refractivity contribution is 0.00578. The fourth-order valence-corrected chi connectivity index (χ4v) is 2.37. The summed E-state index contributed by atoms with van der Waals surface area (Å²) in [5.41, 5.74) is 1.46. The van der Waals surface area contributed by atoms with Gasteiger partial charge in [-0.2, -0.15) is 0 Å². The number of rotatable bonds is 2. The van der Waals surface area contributed by atoms with E-state index in [2.05, 4.69) is 27.7 Å². The zero-order chi connectivity index (χ0) is 15.3. The maximum Gasteiger partial charge on any atom is 0.494 e. The molecule has 2 aromatic rings. The molecule has 0 aliphatic carbocycles. The molecule has 0 N–H and O–H groups in total. The molecule has 0 spiro atoms. The van der Waals surface area contributed by atoms with E-state index >= 15 is 0 Å². The average molecular weight is 284 g/mol. The second-order valence-corrected chi connectivity index (χ2v) is 6.62. The van der Waals surface area contributed by atoms with Crippen molar-refractivity contribution in [3.8, 4) is 11.3 Å². The summed E-state index contributed by atoms with van der Waals surface area (Å²) in [6.45, 7) is 10.2. The Labute approximate surface area is 126 Å². The molecular weight excluding hydrogens is 263 g/mol. The van der Waals surface area contributed by atoms with Gasteiger partial charge in [-0.3, -0.25) is 0 Å². The van der Waals surface area contributed by atoms with Crippen LogP contribution in [0.2, 0.25) is 0 Å². The normalized spacial score (nSPS) is 20.0. The highest BCUT2D eigenvalue weighted by Crippen LogP contribution is 2.36. The lowest BCUT2D eigenvalue weighted by Crippen LogP contribution is -2.41. The number of benzene rings is 1. The van der Waals surface area contributed by atoms with Crippen molar-refractivity contribution >= 4 is 12.6 Å². The quantitative estimate of drug-likeness (QED) is 0.790. The van der Waals surface area contributed by atoms with E-state index in [1.165, 1.54) is 0 Å². The van der Waals surface area contributed by atoms with E-state index in [-0.39, 0.29) is 18.3 Å². The summed E-state index contributed by atoms with van der Waals surface area (Å²) in [7, 11) is -0.317. The zero-order valence-corrected chi connectivity index (χ0v) is 13.3. The molecule has 1 aliphatic rings. The predicted octanol–water partition coefficient (Wildman–Crippen LogP) is 3.55. The van der Waals surface area contributed by atoms with Gasteiger partial charge in [-0.25, -0.2) is 0 Å². The van der Waals surface area contributed by atoms with Gasteiger partial charge in [0.25, 0.3) is 0 Å². The van der Waals surface area contributed by atoms with Gasteiger partial charge in [0, 0.05) is 5.56 Å². The highest BCUT2D eigenvalue weighted by Gasteiger charge is 2.51. The van der Waals surface area contributed by atoms with Crippen LogP contribution in [0.5, 0.6) is 0 Å². The van der Waals surface area contributed by atoms with Crippen LogP contribution in [-0.4, -0.2) is 18.3 Å². The Morgan fingerprint density at radius 3 is 1.86 bits per heavy atom. The summed E-state index contributed by atoms with van der Waals surface area (Å²) in [5, 5.41) is 0. The molecule has 0 saturated carbocycles. The van der Waals surface area contributed by atoms with Gasteiger partial charge < -0.3 is 13.7 Å². The Bertz CT molecular complexity index is 624. The molecule has 21 heavy (non-hydrogen) atoms. The summed E-state index contributed by atoms with van der Waals surface area (Å²) in [4.78, 5) is 0. The maximum atomic E-state index is 6.05. The number of aryl methyl sites for hydroxylation is 1. The van der Waals surface area contributed by atoms with E-state index in [9.17, 15) is 0 Å². The lowest BCUT2D eigenvalue weighted by Gasteiger charge is -2.32. The van der Waals surface area contributed by atoms with Crippen LogP contribution in [0.1, 0.15) is 33.5 Å². The fourth-order valence-electron chi connectivity index (χ4n) is 2.37. The van der Waals surface area contributed by atoms with Crippen molar-refractivity contribution in [2.24, 2.45) is 0 Å². The van der Waals surface area contributed by atoms with E-state index in [1.54, 1.807) is 0 Å². The number of hydrogen-bond acceptors (Lipinski definition) is 3. The first-order valence-electron chi connectivity index (χ1n) is 7.31. The predicted molar refractivity (Wildman–Crippen MR) is 84.6 cm³/mol. The van der Waals surface area contributed by atoms with Gasteiger partial charge in [-0.05, 0) is 52.2 Å². The van der Waals surface area contributed by atoms with Crippen molar-refractivity contribution in [1.82, 2.24) is 0 Å². The minimum absolute atomic E-state index is 0.311. The monoisotopic (exact) mass is 284 g/mol. The standard InChI is InChI=1S/C17H21BO3/c1-12-6-11-15(19-12)13-7-9-14(10-8-13)18-20-16(2,3)17(4,5)21-18/h6-11H,1-5H3. The van der Waals surface area contributed by atoms with Crippen LogP contribution in [0.3, 0.4) is 0 Å². The molecule has 4 heteroatoms. The first kappa shape index (κ1) is 14.4. The Hall–Kier alpha value is -1.52. The van der Waals surface area contributed by atoms with Crippen LogP contribution in [0, 0.1) is 6.92 Å². The van der Waals surface area contributed by atoms with Gasteiger partial charge in [0.2, 0.25) is 0 Å². The molecule has 0 radical (unpaired) electrons. The Morgan fingerprint density at radius 2 is 1.38 bits per heavy atom. The third-order valence-electron chi connectivity index (χ3n) is 4.46. The first-order chi connectivity index (χ1) is 9.78. The highest BCUT2D eigenvalue weighted by molar-refractivity contribution is 6.62. The maximum absolute atomic E-state index is 6.05. The summed E-state index contributed by atoms with van der Waals surface area (Å²) in [5.74, 6) is 1.80. The third kappa shape index (κ3) is 2.54. The van der Waals surface area contributed by atoms with E-state index in [4.69, 9.17) is 13.7 Å². The molecular formula is C17H21BO3. The van der Waals surface area contributed by atoms with Crippen molar-refractivity contribution in [2.45, 2.75) is 45.8 Å². The molecule has 0 bridgehead atoms. The van der Waals surface area contributed by atoms with Gasteiger partial charge in [-0.1, -0.05) is 24.3 Å². The van der Waals surface area contributed by atoms with Crippen LogP contribution in [-0.2, 0) is 9.31 Å². The largest absolute Gasteiger partial charge is 0.494 e. The summed E-state index contributed by atoms with van der Waals surface area (Å²) in [6.07, 6.45) is 0. The zero-order valence-electron chi connectivity index (χ0n) is 13.3. The topological polar surface area (TPSA) is 31.6 Å². The molecule has 1 aromatic heterocycles. The Balaban J connectivity index is 1.83. The summed E-state index contributed by atoms with van der Waals surface area (Å²) in [6, 6.07) is 12.1. The van der Waals surface area contributed by atoms with Crippen LogP contribution < -0.4 is 5.46 Å². The smallest absolute Gasteiger partial charge is 0.461 e. The van der Waals surface area contributed by atoms with Crippen LogP contribution in [0.25, 0.3) is 11.3 Å². The SMILES string of the molecule is Cc1ccc(-c2ccc(B3OC(C)(C)C(C)(C)O3)cc2)o1. The molecule has 1 aliphatic heterocycles. The number of hydrogen-bond donors (Lipinski definition) is 0. The minimum atomic E-state index is -0.317.